The summed E-state index contributed by atoms with van der Waals surface area (Å²) in [5, 5.41) is 0. The normalized spacial score (nSPS) is 13.7. The third-order valence-electron chi connectivity index (χ3n) is 6.64. The van der Waals surface area contributed by atoms with Crippen LogP contribution in [0.15, 0.2) is 91.0 Å². The van der Waals surface area contributed by atoms with Gasteiger partial charge in [-0.15, -0.1) is 0 Å². The minimum absolute atomic E-state index is 0.0238. The first kappa shape index (κ1) is 18.2. The van der Waals surface area contributed by atoms with Crippen LogP contribution in [-0.2, 0) is 0 Å². The van der Waals surface area contributed by atoms with Gasteiger partial charge in [0, 0.05) is 17.8 Å². The minimum atomic E-state index is -0.0238. The van der Waals surface area contributed by atoms with Gasteiger partial charge < -0.3 is 9.80 Å². The molecule has 0 N–H and O–H groups in total. The summed E-state index contributed by atoms with van der Waals surface area (Å²) in [5.74, 6) is 0.698. The van der Waals surface area contributed by atoms with Gasteiger partial charge in [0.15, 0.2) is 0 Å². The number of rotatable bonds is 2. The van der Waals surface area contributed by atoms with E-state index in [-0.39, 0.29) is 5.91 Å². The molecule has 5 nitrogen and oxygen atoms in total. The van der Waals surface area contributed by atoms with Crippen LogP contribution in [0.1, 0.15) is 17.3 Å². The number of nitrogens with zero attached hydrogens (tertiary/aromatic N) is 4. The van der Waals surface area contributed by atoms with E-state index in [4.69, 9.17) is 4.98 Å². The van der Waals surface area contributed by atoms with E-state index in [1.807, 2.05) is 36.4 Å². The van der Waals surface area contributed by atoms with Crippen LogP contribution in [0.25, 0.3) is 22.4 Å². The van der Waals surface area contributed by atoms with Crippen molar-refractivity contribution in [3.05, 3.63) is 96.6 Å². The quantitative estimate of drug-likeness (QED) is 0.310. The molecule has 5 aromatic rings. The number of hydrogen-bond donors (Lipinski definition) is 0. The summed E-state index contributed by atoms with van der Waals surface area (Å²) in [4.78, 5) is 22.8. The summed E-state index contributed by atoms with van der Waals surface area (Å²) in [6.45, 7) is 3.04. The average molecular weight is 428 g/mol. The van der Waals surface area contributed by atoms with Gasteiger partial charge in [-0.05, 0) is 61.5 Å². The number of anilines is 5. The van der Waals surface area contributed by atoms with Crippen molar-refractivity contribution in [3.63, 3.8) is 0 Å². The first-order valence-electron chi connectivity index (χ1n) is 11.2. The maximum Gasteiger partial charge on any atom is 0.264 e. The Morgan fingerprint density at radius 1 is 0.727 bits per heavy atom. The molecule has 158 valence electrons. The zero-order valence-corrected chi connectivity index (χ0v) is 18.1. The smallest absolute Gasteiger partial charge is 0.264 e. The van der Waals surface area contributed by atoms with Gasteiger partial charge in [-0.2, -0.15) is 0 Å². The lowest BCUT2D eigenvalue weighted by Crippen LogP contribution is -2.26. The molecule has 33 heavy (non-hydrogen) atoms. The molecule has 0 fully saturated rings. The molecule has 0 radical (unpaired) electrons. The second kappa shape index (κ2) is 6.56. The first-order valence-corrected chi connectivity index (χ1v) is 11.2. The molecule has 0 aliphatic carbocycles. The Kier molecular flexibility index (Phi) is 3.62. The SMILES string of the molecule is CCN1c2ccccc2N(c2ccc3c(c2)C(=O)n2c-3nc3ccccc32)c2ccccc21. The van der Waals surface area contributed by atoms with Crippen molar-refractivity contribution in [1.82, 2.24) is 9.55 Å². The summed E-state index contributed by atoms with van der Waals surface area (Å²) < 4.78 is 1.74. The van der Waals surface area contributed by atoms with Gasteiger partial charge in [0.05, 0.1) is 39.3 Å². The number of carbonyl (C=O) groups is 1. The fourth-order valence-electron chi connectivity index (χ4n) is 5.22. The lowest BCUT2D eigenvalue weighted by atomic mass is 10.0. The predicted octanol–water partition coefficient (Wildman–Crippen LogP) is 6.65. The second-order valence-corrected chi connectivity index (χ2v) is 8.35. The van der Waals surface area contributed by atoms with Crippen LogP contribution in [0.3, 0.4) is 0 Å². The summed E-state index contributed by atoms with van der Waals surface area (Å²) in [7, 11) is 0. The van der Waals surface area contributed by atoms with E-state index in [0.29, 0.717) is 5.56 Å². The molecule has 0 saturated carbocycles. The van der Waals surface area contributed by atoms with Crippen molar-refractivity contribution >= 4 is 45.4 Å². The number of imidazole rings is 1. The van der Waals surface area contributed by atoms with E-state index in [2.05, 4.69) is 71.3 Å². The lowest BCUT2D eigenvalue weighted by Gasteiger charge is -2.40. The standard InChI is InChI=1S/C28H20N4O/c1-2-30-23-11-5-7-13-25(23)31(26-14-8-6-12-24(26)30)18-15-16-19-20(17-18)28(33)32-22-10-4-3-9-21(22)29-27(19)32/h3-17H,2H2,1H3. The van der Waals surface area contributed by atoms with E-state index in [9.17, 15) is 4.79 Å². The van der Waals surface area contributed by atoms with Crippen molar-refractivity contribution in [2.45, 2.75) is 6.92 Å². The number of fused-ring (bicyclic) bond motifs is 7. The Balaban J connectivity index is 1.43. The van der Waals surface area contributed by atoms with Crippen molar-refractivity contribution in [1.29, 1.82) is 0 Å². The number of aromatic nitrogens is 2. The van der Waals surface area contributed by atoms with Crippen molar-refractivity contribution in [3.8, 4) is 11.4 Å². The molecular formula is C28H20N4O. The molecule has 0 amide bonds. The van der Waals surface area contributed by atoms with E-state index >= 15 is 0 Å². The van der Waals surface area contributed by atoms with Crippen LogP contribution in [0, 0.1) is 0 Å². The van der Waals surface area contributed by atoms with E-state index in [1.165, 1.54) is 0 Å². The molecular weight excluding hydrogens is 408 g/mol. The largest absolute Gasteiger partial charge is 0.338 e. The molecule has 4 aromatic carbocycles. The van der Waals surface area contributed by atoms with E-state index in [0.717, 1.165) is 57.4 Å². The van der Waals surface area contributed by atoms with Gasteiger partial charge in [-0.1, -0.05) is 36.4 Å². The highest BCUT2D eigenvalue weighted by Crippen LogP contribution is 2.51. The van der Waals surface area contributed by atoms with Gasteiger partial charge >= 0.3 is 0 Å². The Bertz CT molecular complexity index is 1550. The van der Waals surface area contributed by atoms with Crippen molar-refractivity contribution in [2.24, 2.45) is 0 Å². The molecule has 2 aliphatic heterocycles. The Morgan fingerprint density at radius 3 is 2.06 bits per heavy atom. The summed E-state index contributed by atoms with van der Waals surface area (Å²) in [6, 6.07) is 30.8. The Labute approximate surface area is 191 Å². The minimum Gasteiger partial charge on any atom is -0.338 e. The molecule has 3 heterocycles. The van der Waals surface area contributed by atoms with Gasteiger partial charge in [-0.25, -0.2) is 4.98 Å². The monoisotopic (exact) mass is 428 g/mol. The summed E-state index contributed by atoms with van der Waals surface area (Å²) in [5.41, 5.74) is 8.75. The molecule has 0 saturated heterocycles. The zero-order valence-electron chi connectivity index (χ0n) is 18.1. The number of hydrogen-bond acceptors (Lipinski definition) is 4. The molecule has 7 rings (SSSR count). The molecule has 0 bridgehead atoms. The Morgan fingerprint density at radius 2 is 1.36 bits per heavy atom. The average Bonchev–Trinajstić information content (AvgIpc) is 3.37. The van der Waals surface area contributed by atoms with Crippen LogP contribution in [-0.4, -0.2) is 22.0 Å². The zero-order chi connectivity index (χ0) is 22.1. The molecule has 0 spiro atoms. The Hall–Kier alpha value is -4.38. The topological polar surface area (TPSA) is 41.4 Å². The van der Waals surface area contributed by atoms with E-state index < -0.39 is 0 Å². The number of para-hydroxylation sites is 6. The summed E-state index contributed by atoms with van der Waals surface area (Å²) >= 11 is 0. The number of benzene rings is 4. The van der Waals surface area contributed by atoms with Crippen LogP contribution >= 0.6 is 0 Å². The highest BCUT2D eigenvalue weighted by Gasteiger charge is 2.33. The second-order valence-electron chi connectivity index (χ2n) is 8.35. The molecule has 0 atom stereocenters. The van der Waals surface area contributed by atoms with Crippen molar-refractivity contribution in [2.75, 3.05) is 16.3 Å². The predicted molar refractivity (Wildman–Crippen MR) is 132 cm³/mol. The van der Waals surface area contributed by atoms with Crippen molar-refractivity contribution < 1.29 is 4.79 Å². The maximum atomic E-state index is 13.5. The lowest BCUT2D eigenvalue weighted by molar-refractivity contribution is 0.0973. The van der Waals surface area contributed by atoms with E-state index in [1.54, 1.807) is 4.57 Å². The molecule has 5 heteroatoms. The van der Waals surface area contributed by atoms with Gasteiger partial charge in [0.25, 0.3) is 5.91 Å². The first-order chi connectivity index (χ1) is 16.3. The fourth-order valence-corrected chi connectivity index (χ4v) is 5.22. The fraction of sp³-hybridized carbons (Fsp3) is 0.0714. The van der Waals surface area contributed by atoms with Gasteiger partial charge in [0.1, 0.15) is 5.82 Å². The third-order valence-corrected chi connectivity index (χ3v) is 6.64. The number of carbonyl (C=O) groups excluding carboxylic acids is 1. The van der Waals surface area contributed by atoms with Gasteiger partial charge in [0.2, 0.25) is 0 Å². The summed E-state index contributed by atoms with van der Waals surface area (Å²) in [6.07, 6.45) is 0. The van der Waals surface area contributed by atoms with Crippen LogP contribution in [0.2, 0.25) is 0 Å². The maximum absolute atomic E-state index is 13.5. The molecule has 1 aromatic heterocycles. The molecule has 2 aliphatic rings. The third kappa shape index (κ3) is 2.36. The van der Waals surface area contributed by atoms with Crippen LogP contribution in [0.4, 0.5) is 28.4 Å². The van der Waals surface area contributed by atoms with Crippen LogP contribution < -0.4 is 9.80 Å². The van der Waals surface area contributed by atoms with Crippen LogP contribution in [0.5, 0.6) is 0 Å². The molecule has 0 unspecified atom stereocenters. The van der Waals surface area contributed by atoms with Gasteiger partial charge in [-0.3, -0.25) is 9.36 Å². The highest BCUT2D eigenvalue weighted by molar-refractivity contribution is 6.13. The highest BCUT2D eigenvalue weighted by atomic mass is 16.2.